The summed E-state index contributed by atoms with van der Waals surface area (Å²) in [6, 6.07) is 0. The van der Waals surface area contributed by atoms with E-state index in [0.717, 1.165) is 0 Å². The Morgan fingerprint density at radius 1 is 1.36 bits per heavy atom. The van der Waals surface area contributed by atoms with Gasteiger partial charge < -0.3 is 15.1 Å². The molecule has 0 aromatic carbocycles. The molecule has 0 saturated heterocycles. The zero-order chi connectivity index (χ0) is 9.07. The van der Waals surface area contributed by atoms with Crippen LogP contribution in [0.5, 0.6) is 0 Å². The van der Waals surface area contributed by atoms with E-state index in [1.807, 2.05) is 0 Å². The van der Waals surface area contributed by atoms with E-state index in [1.54, 1.807) is 14.1 Å². The van der Waals surface area contributed by atoms with Crippen LogP contribution in [0.15, 0.2) is 0 Å². The topological polar surface area (TPSA) is 60.8 Å². The molecule has 0 spiro atoms. The molecule has 0 aromatic rings. The number of aliphatic hydroxyl groups excluding tert-OH is 2. The van der Waals surface area contributed by atoms with Crippen LogP contribution in [0.3, 0.4) is 0 Å². The van der Waals surface area contributed by atoms with Crippen LogP contribution >= 0.6 is 0 Å². The monoisotopic (exact) mass is 161 g/mol. The normalized spacial score (nSPS) is 11.4. The fourth-order valence-corrected chi connectivity index (χ4v) is 0.725. The molecular formula is C7H15NO3. The molecule has 66 valence electrons. The fraction of sp³-hybridized carbons (Fsp3) is 0.857. The highest BCUT2D eigenvalue weighted by Gasteiger charge is 2.32. The quantitative estimate of drug-likeness (QED) is 0.562. The van der Waals surface area contributed by atoms with Gasteiger partial charge in [-0.05, 0) is 6.92 Å². The molecule has 0 aliphatic heterocycles. The van der Waals surface area contributed by atoms with Crippen molar-refractivity contribution in [3.05, 3.63) is 0 Å². The smallest absolute Gasteiger partial charge is 0.232 e. The van der Waals surface area contributed by atoms with Crippen molar-refractivity contribution in [2.24, 2.45) is 5.41 Å². The lowest BCUT2D eigenvalue weighted by atomic mass is 9.91. The predicted octanol–water partition coefficient (Wildman–Crippen LogP) is -0.935. The maximum Gasteiger partial charge on any atom is 0.232 e. The molecule has 0 atom stereocenters. The molecular weight excluding hydrogens is 146 g/mol. The summed E-state index contributed by atoms with van der Waals surface area (Å²) < 4.78 is 0. The van der Waals surface area contributed by atoms with Crippen LogP contribution in [0.1, 0.15) is 6.92 Å². The van der Waals surface area contributed by atoms with Gasteiger partial charge in [-0.2, -0.15) is 0 Å². The predicted molar refractivity (Wildman–Crippen MR) is 41.0 cm³/mol. The average Bonchev–Trinajstić information content (AvgIpc) is 2.01. The summed E-state index contributed by atoms with van der Waals surface area (Å²) in [5.41, 5.74) is -1.04. The van der Waals surface area contributed by atoms with Crippen molar-refractivity contribution < 1.29 is 15.0 Å². The minimum Gasteiger partial charge on any atom is -0.395 e. The van der Waals surface area contributed by atoms with Gasteiger partial charge in [0.05, 0.1) is 18.6 Å². The minimum absolute atomic E-state index is 0.262. The molecule has 2 N–H and O–H groups in total. The van der Waals surface area contributed by atoms with Crippen molar-refractivity contribution in [2.45, 2.75) is 6.92 Å². The highest BCUT2D eigenvalue weighted by molar-refractivity contribution is 5.82. The van der Waals surface area contributed by atoms with Gasteiger partial charge in [0.1, 0.15) is 0 Å². The maximum atomic E-state index is 11.2. The van der Waals surface area contributed by atoms with Crippen LogP contribution in [-0.2, 0) is 4.79 Å². The highest BCUT2D eigenvalue weighted by atomic mass is 16.3. The van der Waals surface area contributed by atoms with Gasteiger partial charge in [-0.25, -0.2) is 0 Å². The fourth-order valence-electron chi connectivity index (χ4n) is 0.725. The molecule has 0 rings (SSSR count). The van der Waals surface area contributed by atoms with Gasteiger partial charge in [-0.15, -0.1) is 0 Å². The van der Waals surface area contributed by atoms with Crippen molar-refractivity contribution in [1.29, 1.82) is 0 Å². The minimum atomic E-state index is -1.04. The summed E-state index contributed by atoms with van der Waals surface area (Å²) in [6.07, 6.45) is 0. The molecule has 1 amide bonds. The van der Waals surface area contributed by atoms with Crippen molar-refractivity contribution in [1.82, 2.24) is 4.90 Å². The van der Waals surface area contributed by atoms with Crippen molar-refractivity contribution in [3.8, 4) is 0 Å². The Labute approximate surface area is 66.4 Å². The molecule has 0 radical (unpaired) electrons. The summed E-state index contributed by atoms with van der Waals surface area (Å²) in [5.74, 6) is -0.262. The molecule has 0 bridgehead atoms. The van der Waals surface area contributed by atoms with Crippen LogP contribution in [0.2, 0.25) is 0 Å². The van der Waals surface area contributed by atoms with E-state index in [4.69, 9.17) is 10.2 Å². The first-order valence-electron chi connectivity index (χ1n) is 3.41. The Kier molecular flexibility index (Phi) is 3.48. The third kappa shape index (κ3) is 2.17. The molecule has 4 nitrogen and oxygen atoms in total. The maximum absolute atomic E-state index is 11.2. The average molecular weight is 161 g/mol. The molecule has 0 aliphatic carbocycles. The molecule has 11 heavy (non-hydrogen) atoms. The Morgan fingerprint density at radius 3 is 1.82 bits per heavy atom. The van der Waals surface area contributed by atoms with Gasteiger partial charge >= 0.3 is 0 Å². The zero-order valence-corrected chi connectivity index (χ0v) is 7.16. The summed E-state index contributed by atoms with van der Waals surface area (Å²) in [5, 5.41) is 17.6. The highest BCUT2D eigenvalue weighted by Crippen LogP contribution is 2.16. The molecule has 0 fully saturated rings. The van der Waals surface area contributed by atoms with Crippen molar-refractivity contribution in [2.75, 3.05) is 27.3 Å². The van der Waals surface area contributed by atoms with E-state index in [1.165, 1.54) is 11.8 Å². The van der Waals surface area contributed by atoms with Crippen LogP contribution in [0.25, 0.3) is 0 Å². The van der Waals surface area contributed by atoms with E-state index in [9.17, 15) is 4.79 Å². The van der Waals surface area contributed by atoms with Crippen LogP contribution in [-0.4, -0.2) is 48.3 Å². The van der Waals surface area contributed by atoms with Gasteiger partial charge in [-0.1, -0.05) is 0 Å². The Hall–Kier alpha value is -0.610. The van der Waals surface area contributed by atoms with Gasteiger partial charge in [0.2, 0.25) is 5.91 Å². The van der Waals surface area contributed by atoms with E-state index in [0.29, 0.717) is 0 Å². The van der Waals surface area contributed by atoms with Gasteiger partial charge in [-0.3, -0.25) is 4.79 Å². The van der Waals surface area contributed by atoms with Crippen LogP contribution in [0, 0.1) is 5.41 Å². The van der Waals surface area contributed by atoms with Crippen LogP contribution < -0.4 is 0 Å². The molecule has 0 heterocycles. The number of hydrogen-bond donors (Lipinski definition) is 2. The van der Waals surface area contributed by atoms with E-state index in [-0.39, 0.29) is 19.1 Å². The summed E-state index contributed by atoms with van der Waals surface area (Å²) >= 11 is 0. The summed E-state index contributed by atoms with van der Waals surface area (Å²) in [6.45, 7) is 0.858. The Balaban J connectivity index is 4.37. The van der Waals surface area contributed by atoms with E-state index in [2.05, 4.69) is 0 Å². The molecule has 4 heteroatoms. The van der Waals surface area contributed by atoms with E-state index < -0.39 is 5.41 Å². The summed E-state index contributed by atoms with van der Waals surface area (Å²) in [4.78, 5) is 12.6. The molecule has 0 unspecified atom stereocenters. The first-order valence-corrected chi connectivity index (χ1v) is 3.41. The lowest BCUT2D eigenvalue weighted by molar-refractivity contribution is -0.143. The zero-order valence-electron chi connectivity index (χ0n) is 7.16. The van der Waals surface area contributed by atoms with E-state index >= 15 is 0 Å². The number of carbonyl (C=O) groups is 1. The second kappa shape index (κ2) is 3.69. The van der Waals surface area contributed by atoms with Gasteiger partial charge in [0, 0.05) is 14.1 Å². The number of rotatable bonds is 3. The second-order valence-corrected chi connectivity index (χ2v) is 3.08. The van der Waals surface area contributed by atoms with Crippen molar-refractivity contribution in [3.63, 3.8) is 0 Å². The third-order valence-electron chi connectivity index (χ3n) is 1.62. The molecule has 0 aromatic heterocycles. The number of aliphatic hydroxyl groups is 2. The first kappa shape index (κ1) is 10.4. The number of nitrogens with zero attached hydrogens (tertiary/aromatic N) is 1. The Bertz CT molecular complexity index is 141. The lowest BCUT2D eigenvalue weighted by Gasteiger charge is -2.26. The molecule has 0 saturated carbocycles. The number of hydrogen-bond acceptors (Lipinski definition) is 3. The number of amides is 1. The summed E-state index contributed by atoms with van der Waals surface area (Å²) in [7, 11) is 3.18. The second-order valence-electron chi connectivity index (χ2n) is 3.08. The number of carbonyl (C=O) groups excluding carboxylic acids is 1. The largest absolute Gasteiger partial charge is 0.395 e. The van der Waals surface area contributed by atoms with Crippen molar-refractivity contribution >= 4 is 5.91 Å². The Morgan fingerprint density at radius 2 is 1.73 bits per heavy atom. The molecule has 0 aliphatic rings. The van der Waals surface area contributed by atoms with Crippen LogP contribution in [0.4, 0.5) is 0 Å². The first-order chi connectivity index (χ1) is 4.98. The standard InChI is InChI=1S/C7H15NO3/c1-7(4-9,5-10)6(11)8(2)3/h9-10H,4-5H2,1-3H3. The lowest BCUT2D eigenvalue weighted by Crippen LogP contribution is -2.43. The van der Waals surface area contributed by atoms with Gasteiger partial charge in [0.15, 0.2) is 0 Å². The van der Waals surface area contributed by atoms with Gasteiger partial charge in [0.25, 0.3) is 0 Å². The SMILES string of the molecule is CN(C)C(=O)C(C)(CO)CO. The third-order valence-corrected chi connectivity index (χ3v) is 1.62.